The van der Waals surface area contributed by atoms with Gasteiger partial charge in [0, 0.05) is 0 Å². The van der Waals surface area contributed by atoms with Gasteiger partial charge >= 0.3 is 0 Å². The number of amides is 1. The van der Waals surface area contributed by atoms with Crippen molar-refractivity contribution < 1.29 is 18.3 Å². The van der Waals surface area contributed by atoms with Crippen molar-refractivity contribution in [3.05, 3.63) is 88.6 Å². The van der Waals surface area contributed by atoms with Crippen LogP contribution < -0.4 is 10.1 Å². The van der Waals surface area contributed by atoms with E-state index >= 15 is 0 Å². The Labute approximate surface area is 182 Å². The molecule has 0 aliphatic rings. The molecule has 1 unspecified atom stereocenters. The van der Waals surface area contributed by atoms with E-state index in [-0.39, 0.29) is 30.1 Å². The van der Waals surface area contributed by atoms with Crippen molar-refractivity contribution in [3.8, 4) is 5.75 Å². The zero-order chi connectivity index (χ0) is 22.4. The lowest BCUT2D eigenvalue weighted by atomic mass is 10.0. The summed E-state index contributed by atoms with van der Waals surface area (Å²) in [6.07, 6.45) is 0.688. The van der Waals surface area contributed by atoms with Crippen molar-refractivity contribution in [2.45, 2.75) is 32.9 Å². The first kappa shape index (κ1) is 22.6. The third-order valence-corrected chi connectivity index (χ3v) is 5.04. The van der Waals surface area contributed by atoms with Gasteiger partial charge in [0.1, 0.15) is 23.9 Å². The Morgan fingerprint density at radius 1 is 1.10 bits per heavy atom. The van der Waals surface area contributed by atoms with Crippen LogP contribution in [0.1, 0.15) is 45.5 Å². The Bertz CT molecular complexity index is 1010. The molecule has 0 fully saturated rings. The Hall–Kier alpha value is -3.12. The number of furan rings is 1. The van der Waals surface area contributed by atoms with Gasteiger partial charge in [-0.25, -0.2) is 4.39 Å². The maximum Gasteiger partial charge on any atom is 0.287 e. The van der Waals surface area contributed by atoms with Gasteiger partial charge in [-0.2, -0.15) is 0 Å². The fraction of sp³-hybridized carbons (Fsp3) is 0.320. The monoisotopic (exact) mass is 424 g/mol. The Morgan fingerprint density at radius 3 is 2.55 bits per heavy atom. The first-order valence-corrected chi connectivity index (χ1v) is 10.3. The van der Waals surface area contributed by atoms with E-state index in [4.69, 9.17) is 9.15 Å². The third kappa shape index (κ3) is 6.43. The van der Waals surface area contributed by atoms with Crippen LogP contribution in [0.4, 0.5) is 4.39 Å². The number of hydrogen-bond donors (Lipinski definition) is 1. The molecule has 31 heavy (non-hydrogen) atoms. The smallest absolute Gasteiger partial charge is 0.287 e. The first-order chi connectivity index (χ1) is 14.8. The number of rotatable bonds is 9. The van der Waals surface area contributed by atoms with E-state index in [1.807, 2.05) is 51.0 Å². The van der Waals surface area contributed by atoms with Crippen LogP contribution in [0.15, 0.2) is 59.0 Å². The molecule has 0 saturated carbocycles. The summed E-state index contributed by atoms with van der Waals surface area (Å²) in [4.78, 5) is 14.8. The minimum absolute atomic E-state index is 0.219. The number of benzene rings is 2. The molecule has 1 heterocycles. The minimum atomic E-state index is -0.314. The zero-order valence-electron chi connectivity index (χ0n) is 18.4. The summed E-state index contributed by atoms with van der Waals surface area (Å²) in [7, 11) is 3.94. The fourth-order valence-electron chi connectivity index (χ4n) is 3.22. The highest BCUT2D eigenvalue weighted by Gasteiger charge is 2.19. The molecule has 0 spiro atoms. The summed E-state index contributed by atoms with van der Waals surface area (Å²) in [6, 6.07) is 15.3. The van der Waals surface area contributed by atoms with E-state index in [9.17, 15) is 9.18 Å². The summed E-state index contributed by atoms with van der Waals surface area (Å²) in [5, 5.41) is 3.01. The molecule has 0 aliphatic carbocycles. The summed E-state index contributed by atoms with van der Waals surface area (Å²) in [5.74, 6) is 0.962. The number of nitrogens with zero attached hydrogens (tertiary/aromatic N) is 1. The number of hydrogen-bond acceptors (Lipinski definition) is 4. The molecule has 164 valence electrons. The van der Waals surface area contributed by atoms with Crippen LogP contribution in [0.25, 0.3) is 0 Å². The minimum Gasteiger partial charge on any atom is -0.485 e. The van der Waals surface area contributed by atoms with Gasteiger partial charge in [0.2, 0.25) is 0 Å². The first-order valence-electron chi connectivity index (χ1n) is 10.3. The van der Waals surface area contributed by atoms with Gasteiger partial charge in [-0.05, 0) is 87.9 Å². The second-order valence-electron chi connectivity index (χ2n) is 7.99. The molecule has 1 atom stereocenters. The molecule has 6 heteroatoms. The van der Waals surface area contributed by atoms with E-state index in [1.54, 1.807) is 24.3 Å². The second kappa shape index (κ2) is 10.3. The van der Waals surface area contributed by atoms with Crippen LogP contribution in [-0.4, -0.2) is 31.4 Å². The summed E-state index contributed by atoms with van der Waals surface area (Å²) < 4.78 is 24.9. The molecular formula is C25H29FN2O3. The van der Waals surface area contributed by atoms with Crippen molar-refractivity contribution in [1.82, 2.24) is 10.2 Å². The standard InChI is InChI=1S/C25H29FN2O3/c1-17-5-6-18(2)24(15-17)30-16-21-11-12-23(31-21)25(29)27-22(13-14-28(3)4)19-7-9-20(26)10-8-19/h5-12,15,22H,13-14,16H2,1-4H3,(H,27,29). The van der Waals surface area contributed by atoms with Gasteiger partial charge in [0.05, 0.1) is 6.04 Å². The van der Waals surface area contributed by atoms with Gasteiger partial charge in [0.15, 0.2) is 5.76 Å². The van der Waals surface area contributed by atoms with Gasteiger partial charge < -0.3 is 19.4 Å². The number of carbonyl (C=O) groups excluding carboxylic acids is 1. The molecule has 1 aromatic heterocycles. The normalized spacial score (nSPS) is 12.1. The van der Waals surface area contributed by atoms with Gasteiger partial charge in [-0.15, -0.1) is 0 Å². The van der Waals surface area contributed by atoms with Crippen molar-refractivity contribution in [2.24, 2.45) is 0 Å². The van der Waals surface area contributed by atoms with Gasteiger partial charge in [-0.3, -0.25) is 4.79 Å². The van der Waals surface area contributed by atoms with Crippen LogP contribution in [0, 0.1) is 19.7 Å². The van der Waals surface area contributed by atoms with Crippen LogP contribution in [0.2, 0.25) is 0 Å². The largest absolute Gasteiger partial charge is 0.485 e. The van der Waals surface area contributed by atoms with Crippen LogP contribution in [-0.2, 0) is 6.61 Å². The molecule has 0 aliphatic heterocycles. The van der Waals surface area contributed by atoms with E-state index in [0.29, 0.717) is 12.2 Å². The molecular weight excluding hydrogens is 395 g/mol. The predicted octanol–water partition coefficient (Wildman–Crippen LogP) is 5.04. The third-order valence-electron chi connectivity index (χ3n) is 5.04. The molecule has 1 amide bonds. The van der Waals surface area contributed by atoms with Crippen molar-refractivity contribution in [2.75, 3.05) is 20.6 Å². The van der Waals surface area contributed by atoms with Crippen LogP contribution >= 0.6 is 0 Å². The lowest BCUT2D eigenvalue weighted by molar-refractivity contribution is 0.0900. The van der Waals surface area contributed by atoms with Crippen LogP contribution in [0.5, 0.6) is 5.75 Å². The van der Waals surface area contributed by atoms with E-state index in [2.05, 4.69) is 5.32 Å². The molecule has 2 aromatic carbocycles. The molecule has 0 saturated heterocycles. The summed E-state index contributed by atoms with van der Waals surface area (Å²) >= 11 is 0. The zero-order valence-corrected chi connectivity index (χ0v) is 18.4. The van der Waals surface area contributed by atoms with Crippen molar-refractivity contribution >= 4 is 5.91 Å². The Morgan fingerprint density at radius 2 is 1.84 bits per heavy atom. The topological polar surface area (TPSA) is 54.7 Å². The van der Waals surface area contributed by atoms with E-state index in [1.165, 1.54) is 12.1 Å². The number of ether oxygens (including phenoxy) is 1. The van der Waals surface area contributed by atoms with Gasteiger partial charge in [-0.1, -0.05) is 24.3 Å². The van der Waals surface area contributed by atoms with E-state index in [0.717, 1.165) is 29.0 Å². The molecule has 5 nitrogen and oxygen atoms in total. The lowest BCUT2D eigenvalue weighted by Gasteiger charge is -2.21. The maximum atomic E-state index is 13.3. The molecule has 0 radical (unpaired) electrons. The molecule has 0 bridgehead atoms. The highest BCUT2D eigenvalue weighted by atomic mass is 19.1. The molecule has 3 rings (SSSR count). The fourth-order valence-corrected chi connectivity index (χ4v) is 3.22. The quantitative estimate of drug-likeness (QED) is 0.523. The average Bonchev–Trinajstić information content (AvgIpc) is 3.21. The lowest BCUT2D eigenvalue weighted by Crippen LogP contribution is -2.30. The van der Waals surface area contributed by atoms with Gasteiger partial charge in [0.25, 0.3) is 5.91 Å². The number of halogens is 1. The SMILES string of the molecule is Cc1ccc(C)c(OCc2ccc(C(=O)NC(CCN(C)C)c3ccc(F)cc3)o2)c1. The maximum absolute atomic E-state index is 13.3. The highest BCUT2D eigenvalue weighted by Crippen LogP contribution is 2.22. The van der Waals surface area contributed by atoms with E-state index < -0.39 is 0 Å². The van der Waals surface area contributed by atoms with Crippen molar-refractivity contribution in [1.29, 1.82) is 0 Å². The van der Waals surface area contributed by atoms with Crippen LogP contribution in [0.3, 0.4) is 0 Å². The average molecular weight is 425 g/mol. The number of carbonyl (C=O) groups is 1. The highest BCUT2D eigenvalue weighted by molar-refractivity contribution is 5.91. The Balaban J connectivity index is 1.66. The van der Waals surface area contributed by atoms with Crippen molar-refractivity contribution in [3.63, 3.8) is 0 Å². The molecule has 1 N–H and O–H groups in total. The summed E-state index contributed by atoms with van der Waals surface area (Å²) in [5.41, 5.74) is 3.00. The predicted molar refractivity (Wildman–Crippen MR) is 119 cm³/mol. The molecule has 3 aromatic rings. The number of aryl methyl sites for hydroxylation is 2. The number of nitrogens with one attached hydrogen (secondary N) is 1. The summed E-state index contributed by atoms with van der Waals surface area (Å²) in [6.45, 7) is 5.00. The second-order valence-corrected chi connectivity index (χ2v) is 7.99. The Kier molecular flexibility index (Phi) is 7.47.